The number of nitrogens with one attached hydrogen (secondary N) is 1. The van der Waals surface area contributed by atoms with E-state index in [1.54, 1.807) is 12.3 Å². The summed E-state index contributed by atoms with van der Waals surface area (Å²) in [4.78, 5) is 17.6. The lowest BCUT2D eigenvalue weighted by atomic mass is 9.92. The van der Waals surface area contributed by atoms with E-state index in [4.69, 9.17) is 17.1 Å². The molecule has 0 spiro atoms. The molecule has 1 unspecified atom stereocenters. The Morgan fingerprint density at radius 3 is 2.96 bits per heavy atom. The summed E-state index contributed by atoms with van der Waals surface area (Å²) in [7, 11) is 0. The van der Waals surface area contributed by atoms with Gasteiger partial charge in [-0.1, -0.05) is 17.7 Å². The highest BCUT2D eigenvalue weighted by molar-refractivity contribution is 6.31. The van der Waals surface area contributed by atoms with Crippen molar-refractivity contribution in [3.63, 3.8) is 0 Å². The third-order valence-corrected chi connectivity index (χ3v) is 4.49. The van der Waals surface area contributed by atoms with E-state index in [9.17, 15) is 9.18 Å². The molecule has 1 fully saturated rings. The van der Waals surface area contributed by atoms with Crippen molar-refractivity contribution in [2.24, 2.45) is 0 Å². The van der Waals surface area contributed by atoms with Crippen LogP contribution in [0.5, 0.6) is 0 Å². The Morgan fingerprint density at radius 1 is 1.44 bits per heavy atom. The number of aromatic nitrogens is 1. The maximum Gasteiger partial charge on any atom is 0.253 e. The Bertz CT molecular complexity index is 977. The molecule has 1 aromatic carbocycles. The molecular weight excluding hydrogens is 372 g/mol. The molecule has 1 atom stereocenters. The summed E-state index contributed by atoms with van der Waals surface area (Å²) in [6, 6.07) is 6.74. The van der Waals surface area contributed by atoms with Gasteiger partial charge in [-0.15, -0.1) is 0 Å². The van der Waals surface area contributed by atoms with E-state index in [1.165, 1.54) is 0 Å². The molecule has 1 aliphatic heterocycles. The van der Waals surface area contributed by atoms with Gasteiger partial charge in [0.2, 0.25) is 0 Å². The zero-order valence-electron chi connectivity index (χ0n) is 18.7. The van der Waals surface area contributed by atoms with Gasteiger partial charge in [0.05, 0.1) is 10.7 Å². The van der Waals surface area contributed by atoms with Crippen molar-refractivity contribution in [2.75, 3.05) is 19.6 Å². The quantitative estimate of drug-likeness (QED) is 0.831. The van der Waals surface area contributed by atoms with E-state index in [0.717, 1.165) is 23.8 Å². The number of alkyl halides is 1. The Labute approximate surface area is 168 Å². The first kappa shape index (κ1) is 14.9. The van der Waals surface area contributed by atoms with Crippen LogP contribution in [0.3, 0.4) is 0 Å². The van der Waals surface area contributed by atoms with Gasteiger partial charge in [0.1, 0.15) is 11.5 Å². The topological polar surface area (TPSA) is 45.2 Å². The fourth-order valence-electron chi connectivity index (χ4n) is 2.61. The van der Waals surface area contributed by atoms with Crippen LogP contribution in [0.4, 0.5) is 8.78 Å². The number of likely N-dealkylation sites (tertiary alicyclic amines) is 1. The van der Waals surface area contributed by atoms with Crippen molar-refractivity contribution in [1.82, 2.24) is 15.2 Å². The average molecular weight is 398 g/mol. The molecule has 27 heavy (non-hydrogen) atoms. The lowest BCUT2D eigenvalue weighted by Gasteiger charge is -2.36. The summed E-state index contributed by atoms with van der Waals surface area (Å²) >= 11 is 5.70. The monoisotopic (exact) mass is 397 g/mol. The minimum absolute atomic E-state index is 0.110. The van der Waals surface area contributed by atoms with Crippen LogP contribution in [0, 0.1) is 12.7 Å². The van der Waals surface area contributed by atoms with Gasteiger partial charge >= 0.3 is 0 Å². The number of hydrogen-bond donors (Lipinski definition) is 1. The van der Waals surface area contributed by atoms with Gasteiger partial charge in [0.25, 0.3) is 5.91 Å². The minimum atomic E-state index is -2.57. The third kappa shape index (κ3) is 5.02. The highest BCUT2D eigenvalue weighted by atomic mass is 35.5. The summed E-state index contributed by atoms with van der Waals surface area (Å²) < 4.78 is 62.0. The number of carbonyl (C=O) groups is 1. The van der Waals surface area contributed by atoms with Crippen LogP contribution in [0.15, 0.2) is 36.5 Å². The van der Waals surface area contributed by atoms with E-state index in [0.29, 0.717) is 10.6 Å². The Kier molecular flexibility index (Phi) is 4.60. The molecule has 7 heteroatoms. The van der Waals surface area contributed by atoms with E-state index >= 15 is 4.39 Å². The summed E-state index contributed by atoms with van der Waals surface area (Å²) in [6.45, 7) is -1.68. The van der Waals surface area contributed by atoms with Crippen LogP contribution in [-0.4, -0.2) is 41.0 Å². The SMILES string of the molecule is [2H]C1([2H])CC(F)(CNCc2ccc(C)cn2)C([2H])([2H])CN1C(=O)c1ccc(F)c(Cl)c1. The van der Waals surface area contributed by atoms with Crippen molar-refractivity contribution >= 4 is 17.5 Å². The van der Waals surface area contributed by atoms with Crippen LogP contribution < -0.4 is 5.32 Å². The standard InChI is InChI=1S/C20H22ClF2N3O/c1-14-2-4-16(25-11-14)12-24-13-20(23)6-8-26(9-7-20)19(27)15-3-5-18(22)17(21)10-15/h2-5,10-11,24H,6-9,12-13H2,1H3/i6D2,9D2. The maximum absolute atomic E-state index is 15.7. The molecule has 1 saturated heterocycles. The first-order valence-corrected chi connectivity index (χ1v) is 8.81. The Balaban J connectivity index is 1.75. The van der Waals surface area contributed by atoms with Crippen molar-refractivity contribution in [2.45, 2.75) is 31.9 Å². The van der Waals surface area contributed by atoms with Gasteiger partial charge in [-0.05, 0) is 36.8 Å². The summed E-state index contributed by atoms with van der Waals surface area (Å²) in [5, 5.41) is 2.49. The second-order valence-corrected chi connectivity index (χ2v) is 6.83. The zero-order valence-corrected chi connectivity index (χ0v) is 15.5. The average Bonchev–Trinajstić information content (AvgIpc) is 2.68. The minimum Gasteiger partial charge on any atom is -0.338 e. The Hall–Kier alpha value is -2.05. The number of benzene rings is 1. The molecule has 2 heterocycles. The van der Waals surface area contributed by atoms with Gasteiger partial charge in [-0.3, -0.25) is 9.78 Å². The van der Waals surface area contributed by atoms with E-state index in [1.807, 2.05) is 13.0 Å². The van der Waals surface area contributed by atoms with Gasteiger partial charge in [0.15, 0.2) is 0 Å². The summed E-state index contributed by atoms with van der Waals surface area (Å²) in [5.74, 6) is -1.64. The second-order valence-electron chi connectivity index (χ2n) is 6.43. The van der Waals surface area contributed by atoms with Crippen molar-refractivity contribution < 1.29 is 19.1 Å². The lowest BCUT2D eigenvalue weighted by molar-refractivity contribution is 0.0434. The van der Waals surface area contributed by atoms with E-state index in [-0.39, 0.29) is 17.1 Å². The molecular formula is C20H22ClF2N3O. The second kappa shape index (κ2) is 8.31. The predicted octanol–water partition coefficient (Wildman–Crippen LogP) is 3.92. The molecule has 0 bridgehead atoms. The van der Waals surface area contributed by atoms with Crippen molar-refractivity contribution in [1.29, 1.82) is 0 Å². The smallest absolute Gasteiger partial charge is 0.253 e. The van der Waals surface area contributed by atoms with Gasteiger partial charge in [-0.25, -0.2) is 8.78 Å². The molecule has 0 saturated carbocycles. The van der Waals surface area contributed by atoms with Crippen LogP contribution in [0.1, 0.15) is 39.9 Å². The van der Waals surface area contributed by atoms with Crippen LogP contribution >= 0.6 is 11.6 Å². The number of aryl methyl sites for hydroxylation is 1. The molecule has 1 aliphatic rings. The number of hydrogen-bond acceptors (Lipinski definition) is 3. The normalized spacial score (nSPS) is 25.9. The van der Waals surface area contributed by atoms with Crippen molar-refractivity contribution in [3.05, 3.63) is 64.2 Å². The summed E-state index contributed by atoms with van der Waals surface area (Å²) in [5.41, 5.74) is -1.08. The maximum atomic E-state index is 15.7. The fraction of sp³-hybridized carbons (Fsp3) is 0.400. The van der Waals surface area contributed by atoms with Crippen LogP contribution in [-0.2, 0) is 6.54 Å². The molecule has 0 aliphatic carbocycles. The van der Waals surface area contributed by atoms with E-state index in [2.05, 4.69) is 10.3 Å². The molecule has 1 N–H and O–H groups in total. The zero-order chi connectivity index (χ0) is 23.0. The highest BCUT2D eigenvalue weighted by Crippen LogP contribution is 2.27. The lowest BCUT2D eigenvalue weighted by Crippen LogP contribution is -2.48. The highest BCUT2D eigenvalue weighted by Gasteiger charge is 2.35. The van der Waals surface area contributed by atoms with Gasteiger partial charge in [0, 0.05) is 56.2 Å². The molecule has 1 aromatic heterocycles. The number of carbonyl (C=O) groups excluding carboxylic acids is 1. The van der Waals surface area contributed by atoms with Crippen molar-refractivity contribution in [3.8, 4) is 0 Å². The fourth-order valence-corrected chi connectivity index (χ4v) is 2.79. The van der Waals surface area contributed by atoms with Gasteiger partial charge < -0.3 is 10.2 Å². The molecule has 1 amide bonds. The number of rotatable bonds is 5. The van der Waals surface area contributed by atoms with E-state index < -0.39 is 49.8 Å². The Morgan fingerprint density at radius 2 is 2.26 bits per heavy atom. The number of halogens is 3. The van der Waals surface area contributed by atoms with Gasteiger partial charge in [-0.2, -0.15) is 0 Å². The number of amides is 1. The first-order valence-electron chi connectivity index (χ1n) is 10.4. The molecule has 3 rings (SSSR count). The van der Waals surface area contributed by atoms with Crippen LogP contribution in [0.25, 0.3) is 0 Å². The third-order valence-electron chi connectivity index (χ3n) is 4.20. The summed E-state index contributed by atoms with van der Waals surface area (Å²) in [6.07, 6.45) is -1.75. The molecule has 144 valence electrons. The van der Waals surface area contributed by atoms with Crippen LogP contribution in [0.2, 0.25) is 5.02 Å². The molecule has 0 radical (unpaired) electrons. The molecule has 4 nitrogen and oxygen atoms in total. The molecule has 2 aromatic rings. The predicted molar refractivity (Wildman–Crippen MR) is 101 cm³/mol. The number of pyridine rings is 1. The first-order chi connectivity index (χ1) is 14.3. The largest absolute Gasteiger partial charge is 0.338 e. The number of piperidine rings is 1. The number of nitrogens with zero attached hydrogens (tertiary/aromatic N) is 2.